The number of amides is 1. The van der Waals surface area contributed by atoms with Crippen molar-refractivity contribution in [1.82, 2.24) is 0 Å². The number of hydrogen-bond acceptors (Lipinski definition) is 6. The van der Waals surface area contributed by atoms with E-state index in [4.69, 9.17) is 9.15 Å². The number of thiophene rings is 1. The molecule has 0 fully saturated rings. The van der Waals surface area contributed by atoms with Crippen LogP contribution in [-0.4, -0.2) is 19.0 Å². The van der Waals surface area contributed by atoms with Gasteiger partial charge in [-0.15, -0.1) is 11.3 Å². The van der Waals surface area contributed by atoms with E-state index >= 15 is 0 Å². The number of hydrogen-bond donors (Lipinski definition) is 1. The molecule has 0 unspecified atom stereocenters. The molecule has 0 radical (unpaired) electrons. The molecular formula is C25H22N2O4S. The second kappa shape index (κ2) is 9.25. The second-order valence-corrected chi connectivity index (χ2v) is 8.70. The van der Waals surface area contributed by atoms with Gasteiger partial charge >= 0.3 is 5.97 Å². The smallest absolute Gasteiger partial charge is 0.341 e. The van der Waals surface area contributed by atoms with Crippen LogP contribution in [0.4, 0.5) is 5.00 Å². The number of carbonyl (C=O) groups excluding carboxylic acids is 2. The number of fused-ring (bicyclic) bond motifs is 1. The SMILES string of the molecule is COC(=O)c1c(NC(=O)/C(C#N)=C/c2ccc(-c3ccc(C)cc3)o2)sc2c1CCCC2. The quantitative estimate of drug-likeness (QED) is 0.316. The Morgan fingerprint density at radius 1 is 1.16 bits per heavy atom. The highest BCUT2D eigenvalue weighted by Crippen LogP contribution is 2.38. The van der Waals surface area contributed by atoms with Crippen molar-refractivity contribution in [3.8, 4) is 17.4 Å². The van der Waals surface area contributed by atoms with Crippen LogP contribution < -0.4 is 5.32 Å². The lowest BCUT2D eigenvalue weighted by atomic mass is 9.95. The molecule has 0 aliphatic heterocycles. The van der Waals surface area contributed by atoms with Gasteiger partial charge in [0, 0.05) is 16.5 Å². The number of methoxy groups -OCH3 is 1. The van der Waals surface area contributed by atoms with Crippen molar-refractivity contribution in [1.29, 1.82) is 5.26 Å². The Morgan fingerprint density at radius 2 is 1.91 bits per heavy atom. The first-order chi connectivity index (χ1) is 15.5. The van der Waals surface area contributed by atoms with Crippen LogP contribution in [-0.2, 0) is 22.4 Å². The number of anilines is 1. The summed E-state index contributed by atoms with van der Waals surface area (Å²) in [5.74, 6) is -0.0284. The number of carbonyl (C=O) groups is 2. The van der Waals surface area contributed by atoms with Gasteiger partial charge in [-0.25, -0.2) is 4.79 Å². The van der Waals surface area contributed by atoms with E-state index in [1.807, 2.05) is 37.3 Å². The van der Waals surface area contributed by atoms with E-state index in [0.717, 1.165) is 47.3 Å². The molecule has 2 heterocycles. The van der Waals surface area contributed by atoms with Gasteiger partial charge in [-0.1, -0.05) is 29.8 Å². The third-order valence-electron chi connectivity index (χ3n) is 5.40. The van der Waals surface area contributed by atoms with E-state index in [2.05, 4.69) is 5.32 Å². The van der Waals surface area contributed by atoms with Crippen LogP contribution in [0.25, 0.3) is 17.4 Å². The van der Waals surface area contributed by atoms with E-state index in [1.165, 1.54) is 24.5 Å². The molecule has 162 valence electrons. The molecule has 1 aliphatic rings. The number of nitriles is 1. The fourth-order valence-electron chi connectivity index (χ4n) is 3.74. The molecule has 0 spiro atoms. The first-order valence-corrected chi connectivity index (χ1v) is 11.1. The molecular weight excluding hydrogens is 424 g/mol. The van der Waals surface area contributed by atoms with E-state index in [0.29, 0.717) is 22.1 Å². The highest BCUT2D eigenvalue weighted by molar-refractivity contribution is 7.17. The van der Waals surface area contributed by atoms with Crippen LogP contribution in [0.2, 0.25) is 0 Å². The summed E-state index contributed by atoms with van der Waals surface area (Å²) in [6, 6.07) is 13.3. The topological polar surface area (TPSA) is 92.3 Å². The Bertz CT molecular complexity index is 1240. The fourth-order valence-corrected chi connectivity index (χ4v) is 5.01. The van der Waals surface area contributed by atoms with Crippen molar-refractivity contribution < 1.29 is 18.7 Å². The Labute approximate surface area is 190 Å². The van der Waals surface area contributed by atoms with E-state index in [-0.39, 0.29) is 5.57 Å². The average molecular weight is 447 g/mol. The number of ether oxygens (including phenoxy) is 1. The van der Waals surface area contributed by atoms with E-state index < -0.39 is 11.9 Å². The van der Waals surface area contributed by atoms with Crippen molar-refractivity contribution in [2.24, 2.45) is 0 Å². The summed E-state index contributed by atoms with van der Waals surface area (Å²) in [5, 5.41) is 12.7. The van der Waals surface area contributed by atoms with Gasteiger partial charge in [-0.3, -0.25) is 4.79 Å². The third kappa shape index (κ3) is 4.36. The minimum atomic E-state index is -0.593. The summed E-state index contributed by atoms with van der Waals surface area (Å²) in [6.45, 7) is 2.01. The van der Waals surface area contributed by atoms with Gasteiger partial charge in [0.25, 0.3) is 5.91 Å². The van der Waals surface area contributed by atoms with Gasteiger partial charge in [0.15, 0.2) is 0 Å². The Balaban J connectivity index is 1.59. The zero-order valence-electron chi connectivity index (χ0n) is 17.9. The summed E-state index contributed by atoms with van der Waals surface area (Å²) >= 11 is 1.38. The highest BCUT2D eigenvalue weighted by atomic mass is 32.1. The predicted octanol–water partition coefficient (Wildman–Crippen LogP) is 5.53. The molecule has 32 heavy (non-hydrogen) atoms. The number of nitrogens with zero attached hydrogens (tertiary/aromatic N) is 1. The first-order valence-electron chi connectivity index (χ1n) is 10.3. The van der Waals surface area contributed by atoms with Crippen LogP contribution >= 0.6 is 11.3 Å². The average Bonchev–Trinajstić information content (AvgIpc) is 3.41. The molecule has 1 aromatic carbocycles. The number of esters is 1. The molecule has 2 aromatic heterocycles. The van der Waals surface area contributed by atoms with Crippen molar-refractivity contribution >= 4 is 34.3 Å². The van der Waals surface area contributed by atoms with Gasteiger partial charge in [0.2, 0.25) is 0 Å². The summed E-state index contributed by atoms with van der Waals surface area (Å²) in [7, 11) is 1.32. The Morgan fingerprint density at radius 3 is 2.62 bits per heavy atom. The molecule has 4 rings (SSSR count). The van der Waals surface area contributed by atoms with Gasteiger partial charge in [-0.2, -0.15) is 5.26 Å². The monoisotopic (exact) mass is 446 g/mol. The maximum Gasteiger partial charge on any atom is 0.341 e. The zero-order chi connectivity index (χ0) is 22.7. The number of furan rings is 1. The third-order valence-corrected chi connectivity index (χ3v) is 6.61. The molecule has 0 atom stereocenters. The van der Waals surface area contributed by atoms with Crippen molar-refractivity contribution in [2.75, 3.05) is 12.4 Å². The molecule has 0 saturated heterocycles. The normalized spacial score (nSPS) is 13.2. The van der Waals surface area contributed by atoms with Crippen LogP contribution in [0.1, 0.15) is 45.0 Å². The second-order valence-electron chi connectivity index (χ2n) is 7.60. The summed E-state index contributed by atoms with van der Waals surface area (Å²) in [6.07, 6.45) is 5.09. The molecule has 6 nitrogen and oxygen atoms in total. The maximum absolute atomic E-state index is 12.8. The van der Waals surface area contributed by atoms with E-state index in [9.17, 15) is 14.9 Å². The number of benzene rings is 1. The van der Waals surface area contributed by atoms with Crippen LogP contribution in [0.3, 0.4) is 0 Å². The van der Waals surface area contributed by atoms with Crippen LogP contribution in [0.5, 0.6) is 0 Å². The molecule has 0 bridgehead atoms. The van der Waals surface area contributed by atoms with Crippen molar-refractivity contribution in [2.45, 2.75) is 32.6 Å². The Hall–Kier alpha value is -3.63. The standard InChI is InChI=1S/C25H22N2O4S/c1-15-7-9-16(10-8-15)20-12-11-18(31-20)13-17(14-26)23(28)27-24-22(25(29)30-2)19-5-3-4-6-21(19)32-24/h7-13H,3-6H2,1-2H3,(H,27,28)/b17-13+. The molecule has 3 aromatic rings. The van der Waals surface area contributed by atoms with Crippen LogP contribution in [0, 0.1) is 18.3 Å². The summed E-state index contributed by atoms with van der Waals surface area (Å²) in [5.41, 5.74) is 3.28. The molecule has 7 heteroatoms. The number of aryl methyl sites for hydroxylation is 2. The lowest BCUT2D eigenvalue weighted by molar-refractivity contribution is -0.112. The molecule has 1 aliphatic carbocycles. The summed E-state index contributed by atoms with van der Waals surface area (Å²) < 4.78 is 10.7. The van der Waals surface area contributed by atoms with Gasteiger partial charge in [-0.05, 0) is 50.3 Å². The van der Waals surface area contributed by atoms with Gasteiger partial charge in [0.1, 0.15) is 28.2 Å². The van der Waals surface area contributed by atoms with Gasteiger partial charge in [0.05, 0.1) is 12.7 Å². The van der Waals surface area contributed by atoms with E-state index in [1.54, 1.807) is 12.1 Å². The lowest BCUT2D eigenvalue weighted by Crippen LogP contribution is -2.16. The number of rotatable bonds is 5. The predicted molar refractivity (Wildman–Crippen MR) is 123 cm³/mol. The highest BCUT2D eigenvalue weighted by Gasteiger charge is 2.27. The Kier molecular flexibility index (Phi) is 6.24. The zero-order valence-corrected chi connectivity index (χ0v) is 18.7. The minimum absolute atomic E-state index is 0.114. The van der Waals surface area contributed by atoms with Crippen molar-refractivity contribution in [3.05, 3.63) is 69.3 Å². The first kappa shape index (κ1) is 21.6. The lowest BCUT2D eigenvalue weighted by Gasteiger charge is -2.11. The van der Waals surface area contributed by atoms with Crippen LogP contribution in [0.15, 0.2) is 46.4 Å². The molecule has 1 amide bonds. The fraction of sp³-hybridized carbons (Fsp3) is 0.240. The molecule has 0 saturated carbocycles. The minimum Gasteiger partial charge on any atom is -0.465 e. The van der Waals surface area contributed by atoms with Crippen molar-refractivity contribution in [3.63, 3.8) is 0 Å². The largest absolute Gasteiger partial charge is 0.465 e. The summed E-state index contributed by atoms with van der Waals surface area (Å²) in [4.78, 5) is 26.3. The van der Waals surface area contributed by atoms with Gasteiger partial charge < -0.3 is 14.5 Å². The number of nitrogens with one attached hydrogen (secondary N) is 1. The maximum atomic E-state index is 12.8. The molecule has 1 N–H and O–H groups in total.